The number of fused-ring (bicyclic) bond motifs is 1. The quantitative estimate of drug-likeness (QED) is 0.283. The Hall–Kier alpha value is -3.69. The first-order valence-electron chi connectivity index (χ1n) is 12.9. The number of piperazine rings is 1. The van der Waals surface area contributed by atoms with E-state index < -0.39 is 5.60 Å². The predicted octanol–water partition coefficient (Wildman–Crippen LogP) is 6.56. The number of benzene rings is 3. The molecule has 0 bridgehead atoms. The molecule has 1 aliphatic rings. The van der Waals surface area contributed by atoms with E-state index in [0.29, 0.717) is 42.3 Å². The van der Waals surface area contributed by atoms with Gasteiger partial charge in [-0.05, 0) is 63.2 Å². The zero-order chi connectivity index (χ0) is 27.6. The number of aromatic nitrogens is 1. The molecule has 5 rings (SSSR count). The summed E-state index contributed by atoms with van der Waals surface area (Å²) in [5.41, 5.74) is 3.87. The molecule has 0 saturated carbocycles. The van der Waals surface area contributed by atoms with Crippen molar-refractivity contribution in [1.29, 1.82) is 0 Å². The van der Waals surface area contributed by atoms with Crippen LogP contribution in [0.15, 0.2) is 75.6 Å². The Morgan fingerprint density at radius 2 is 1.69 bits per heavy atom. The van der Waals surface area contributed by atoms with E-state index in [0.717, 1.165) is 34.2 Å². The molecule has 1 aliphatic heterocycles. The number of carbonyl (C=O) groups excluding carboxylic acids is 2. The van der Waals surface area contributed by atoms with Crippen molar-refractivity contribution in [1.82, 2.24) is 14.8 Å². The summed E-state index contributed by atoms with van der Waals surface area (Å²) in [4.78, 5) is 34.1. The third kappa shape index (κ3) is 6.49. The maximum atomic E-state index is 12.9. The van der Waals surface area contributed by atoms with Crippen LogP contribution in [0.5, 0.6) is 0 Å². The van der Waals surface area contributed by atoms with E-state index in [1.165, 1.54) is 0 Å². The molecule has 1 fully saturated rings. The van der Waals surface area contributed by atoms with Gasteiger partial charge in [-0.2, -0.15) is 0 Å². The molecule has 8 nitrogen and oxygen atoms in total. The Balaban J connectivity index is 1.31. The zero-order valence-corrected chi connectivity index (χ0v) is 23.8. The van der Waals surface area contributed by atoms with Crippen LogP contribution in [-0.2, 0) is 11.3 Å². The van der Waals surface area contributed by atoms with Gasteiger partial charge in [-0.3, -0.25) is 9.69 Å². The van der Waals surface area contributed by atoms with Crippen LogP contribution in [0.3, 0.4) is 0 Å². The molecular formula is C30H31BrN4O4. The van der Waals surface area contributed by atoms with Crippen LogP contribution in [0.1, 0.15) is 36.7 Å². The summed E-state index contributed by atoms with van der Waals surface area (Å²) in [5, 5.41) is 2.99. The van der Waals surface area contributed by atoms with Crippen LogP contribution in [0.4, 0.5) is 10.5 Å². The van der Waals surface area contributed by atoms with E-state index >= 15 is 0 Å². The summed E-state index contributed by atoms with van der Waals surface area (Å²) in [6.07, 6.45) is -0.269. The minimum absolute atomic E-state index is 0.211. The molecule has 2 amide bonds. The maximum absolute atomic E-state index is 12.9. The molecule has 3 aromatic carbocycles. The molecule has 0 atom stereocenters. The third-order valence-electron chi connectivity index (χ3n) is 6.43. The van der Waals surface area contributed by atoms with Crippen molar-refractivity contribution >= 4 is 44.7 Å². The number of carbonyl (C=O) groups is 2. The highest BCUT2D eigenvalue weighted by Gasteiger charge is 2.26. The second-order valence-corrected chi connectivity index (χ2v) is 11.5. The molecule has 1 N–H and O–H groups in total. The van der Waals surface area contributed by atoms with Gasteiger partial charge in [0, 0.05) is 48.3 Å². The zero-order valence-electron chi connectivity index (χ0n) is 22.2. The van der Waals surface area contributed by atoms with Crippen LogP contribution in [0.25, 0.3) is 22.6 Å². The molecule has 4 aromatic rings. The molecule has 0 aliphatic carbocycles. The number of oxazole rings is 1. The van der Waals surface area contributed by atoms with Crippen molar-refractivity contribution in [3.63, 3.8) is 0 Å². The van der Waals surface area contributed by atoms with E-state index in [9.17, 15) is 9.59 Å². The van der Waals surface area contributed by atoms with Gasteiger partial charge in [0.2, 0.25) is 5.89 Å². The number of hydrogen-bond acceptors (Lipinski definition) is 6. The summed E-state index contributed by atoms with van der Waals surface area (Å²) in [7, 11) is 0. The van der Waals surface area contributed by atoms with Crippen LogP contribution < -0.4 is 5.32 Å². The van der Waals surface area contributed by atoms with Crippen molar-refractivity contribution < 1.29 is 18.7 Å². The van der Waals surface area contributed by atoms with E-state index in [1.54, 1.807) is 17.0 Å². The first-order valence-corrected chi connectivity index (χ1v) is 13.7. The fourth-order valence-electron chi connectivity index (χ4n) is 4.48. The van der Waals surface area contributed by atoms with Crippen LogP contribution in [-0.4, -0.2) is 58.6 Å². The molecule has 0 unspecified atom stereocenters. The molecule has 9 heteroatoms. The van der Waals surface area contributed by atoms with Gasteiger partial charge in [-0.15, -0.1) is 0 Å². The Labute approximate surface area is 236 Å². The lowest BCUT2D eigenvalue weighted by Gasteiger charge is -2.35. The van der Waals surface area contributed by atoms with E-state index in [1.807, 2.05) is 75.4 Å². The topological polar surface area (TPSA) is 87.9 Å². The lowest BCUT2D eigenvalue weighted by atomic mass is 10.1. The van der Waals surface area contributed by atoms with Gasteiger partial charge in [0.15, 0.2) is 5.58 Å². The first-order chi connectivity index (χ1) is 18.7. The Bertz CT molecular complexity index is 1490. The number of para-hydroxylation sites is 2. The number of rotatable bonds is 5. The normalized spacial score (nSPS) is 14.4. The van der Waals surface area contributed by atoms with E-state index in [4.69, 9.17) is 14.1 Å². The van der Waals surface area contributed by atoms with Gasteiger partial charge < -0.3 is 19.4 Å². The van der Waals surface area contributed by atoms with Gasteiger partial charge >= 0.3 is 6.09 Å². The average Bonchev–Trinajstić information content (AvgIpc) is 3.34. The number of nitrogens with zero attached hydrogens (tertiary/aromatic N) is 3. The van der Waals surface area contributed by atoms with Crippen LogP contribution >= 0.6 is 15.9 Å². The minimum Gasteiger partial charge on any atom is -0.444 e. The predicted molar refractivity (Wildman–Crippen MR) is 155 cm³/mol. The fraction of sp³-hybridized carbons (Fsp3) is 0.300. The first kappa shape index (κ1) is 26.9. The van der Waals surface area contributed by atoms with Gasteiger partial charge in [0.1, 0.15) is 11.1 Å². The monoisotopic (exact) mass is 590 g/mol. The molecule has 0 radical (unpaired) electrons. The summed E-state index contributed by atoms with van der Waals surface area (Å²) < 4.78 is 12.7. The lowest BCUT2D eigenvalue weighted by Crippen LogP contribution is -2.49. The second kappa shape index (κ2) is 11.2. The van der Waals surface area contributed by atoms with Crippen LogP contribution in [0.2, 0.25) is 0 Å². The van der Waals surface area contributed by atoms with Gasteiger partial charge in [-0.1, -0.05) is 40.2 Å². The van der Waals surface area contributed by atoms with Crippen molar-refractivity contribution in [2.45, 2.75) is 32.9 Å². The van der Waals surface area contributed by atoms with Gasteiger partial charge in [0.25, 0.3) is 5.91 Å². The standard InChI is InChI=1S/C30H31BrN4O4/c1-30(2,3)39-29(37)35-17-15-34(16-18-35)19-21-7-6-10-25-26(21)38-28(33-25)23-8-4-5-9-24(23)32-27(36)20-11-13-22(31)14-12-20/h4-14H,15-19H2,1-3H3,(H,32,36). The number of anilines is 1. The van der Waals surface area contributed by atoms with Crippen LogP contribution in [0, 0.1) is 0 Å². The van der Waals surface area contributed by atoms with Crippen molar-refractivity contribution in [2.24, 2.45) is 0 Å². The summed E-state index contributed by atoms with van der Waals surface area (Å²) in [5.74, 6) is 0.233. The lowest BCUT2D eigenvalue weighted by molar-refractivity contribution is 0.0139. The van der Waals surface area contributed by atoms with E-state index in [2.05, 4.69) is 26.1 Å². The smallest absolute Gasteiger partial charge is 0.410 e. The third-order valence-corrected chi connectivity index (χ3v) is 6.96. The molecule has 202 valence electrons. The second-order valence-electron chi connectivity index (χ2n) is 10.5. The van der Waals surface area contributed by atoms with E-state index in [-0.39, 0.29) is 12.0 Å². The Kier molecular flexibility index (Phi) is 7.72. The fourth-order valence-corrected chi connectivity index (χ4v) is 4.74. The summed E-state index contributed by atoms with van der Waals surface area (Å²) in [6, 6.07) is 20.6. The molecule has 0 spiro atoms. The number of hydrogen-bond donors (Lipinski definition) is 1. The molecular weight excluding hydrogens is 560 g/mol. The Morgan fingerprint density at radius 3 is 2.41 bits per heavy atom. The molecule has 2 heterocycles. The SMILES string of the molecule is CC(C)(C)OC(=O)N1CCN(Cc2cccc3nc(-c4ccccc4NC(=O)c4ccc(Br)cc4)oc23)CC1. The van der Waals surface area contributed by atoms with Crippen molar-refractivity contribution in [3.8, 4) is 11.5 Å². The summed E-state index contributed by atoms with van der Waals surface area (Å²) in [6.45, 7) is 9.00. The van der Waals surface area contributed by atoms with Gasteiger partial charge in [-0.25, -0.2) is 9.78 Å². The number of ether oxygens (including phenoxy) is 1. The highest BCUT2D eigenvalue weighted by molar-refractivity contribution is 9.10. The molecule has 39 heavy (non-hydrogen) atoms. The highest BCUT2D eigenvalue weighted by Crippen LogP contribution is 2.32. The molecule has 1 saturated heterocycles. The van der Waals surface area contributed by atoms with Crippen molar-refractivity contribution in [3.05, 3.63) is 82.3 Å². The van der Waals surface area contributed by atoms with Gasteiger partial charge in [0.05, 0.1) is 11.3 Å². The largest absolute Gasteiger partial charge is 0.444 e. The molecule has 1 aromatic heterocycles. The maximum Gasteiger partial charge on any atom is 0.410 e. The number of nitrogens with one attached hydrogen (secondary N) is 1. The average molecular weight is 592 g/mol. The number of halogens is 1. The Morgan fingerprint density at radius 1 is 0.974 bits per heavy atom. The van der Waals surface area contributed by atoms with Crippen molar-refractivity contribution in [2.75, 3.05) is 31.5 Å². The minimum atomic E-state index is -0.506. The number of amides is 2. The highest BCUT2D eigenvalue weighted by atomic mass is 79.9. The summed E-state index contributed by atoms with van der Waals surface area (Å²) >= 11 is 3.40.